The molecule has 0 atom stereocenters. The van der Waals surface area contributed by atoms with E-state index in [0.29, 0.717) is 0 Å². The Bertz CT molecular complexity index is 519. The highest BCUT2D eigenvalue weighted by Crippen LogP contribution is 2.27. The summed E-state index contributed by atoms with van der Waals surface area (Å²) < 4.78 is 0. The fourth-order valence-corrected chi connectivity index (χ4v) is 3.70. The molecule has 0 saturated carbocycles. The molecule has 0 bridgehead atoms. The van der Waals surface area contributed by atoms with Crippen LogP contribution >= 0.6 is 23.1 Å². The lowest BCUT2D eigenvalue weighted by atomic mass is 10.2. The van der Waals surface area contributed by atoms with Crippen LogP contribution in [0.3, 0.4) is 0 Å². The first-order chi connectivity index (χ1) is 9.22. The molecule has 0 saturated heterocycles. The number of rotatable bonds is 6. The van der Waals surface area contributed by atoms with Gasteiger partial charge in [-0.1, -0.05) is 31.0 Å². The van der Waals surface area contributed by atoms with Crippen LogP contribution in [0.15, 0.2) is 29.2 Å². The van der Waals surface area contributed by atoms with E-state index in [9.17, 15) is 5.11 Å². The molecule has 1 N–H and O–H groups in total. The minimum Gasteiger partial charge on any atom is -0.391 e. The molecular formula is C15H19NOS2. The van der Waals surface area contributed by atoms with Crippen molar-refractivity contribution in [3.05, 3.63) is 45.4 Å². The Hall–Kier alpha value is -0.840. The molecule has 1 heterocycles. The number of aliphatic hydroxyl groups is 1. The Balaban J connectivity index is 2.01. The van der Waals surface area contributed by atoms with Crippen LogP contribution in [0.25, 0.3) is 0 Å². The lowest BCUT2D eigenvalue weighted by Crippen LogP contribution is -1.90. The average molecular weight is 293 g/mol. The highest BCUT2D eigenvalue weighted by Gasteiger charge is 2.09. The molecule has 2 nitrogen and oxygen atoms in total. The highest BCUT2D eigenvalue weighted by molar-refractivity contribution is 7.98. The molecule has 4 heteroatoms. The first-order valence-corrected chi connectivity index (χ1v) is 8.31. The fourth-order valence-electron chi connectivity index (χ4n) is 1.83. The second kappa shape index (κ2) is 7.08. The van der Waals surface area contributed by atoms with E-state index in [1.165, 1.54) is 10.5 Å². The van der Waals surface area contributed by atoms with E-state index >= 15 is 0 Å². The number of hydrogen-bond donors (Lipinski definition) is 1. The number of aromatic nitrogens is 1. The molecule has 1 aromatic heterocycles. The van der Waals surface area contributed by atoms with Gasteiger partial charge < -0.3 is 5.11 Å². The molecule has 0 aliphatic heterocycles. The third kappa shape index (κ3) is 4.06. The van der Waals surface area contributed by atoms with Gasteiger partial charge in [-0.05, 0) is 25.5 Å². The molecule has 0 amide bonds. The number of thioether (sulfide) groups is 1. The average Bonchev–Trinajstić information content (AvgIpc) is 2.81. The van der Waals surface area contributed by atoms with Gasteiger partial charge in [-0.25, -0.2) is 4.98 Å². The van der Waals surface area contributed by atoms with Gasteiger partial charge >= 0.3 is 0 Å². The van der Waals surface area contributed by atoms with E-state index in [0.717, 1.165) is 34.2 Å². The third-order valence-corrected chi connectivity index (χ3v) is 5.12. The third-order valence-electron chi connectivity index (χ3n) is 2.84. The van der Waals surface area contributed by atoms with Crippen LogP contribution in [0.5, 0.6) is 0 Å². The largest absolute Gasteiger partial charge is 0.391 e. The molecule has 2 aromatic rings. The van der Waals surface area contributed by atoms with Crippen LogP contribution in [-0.2, 0) is 18.8 Å². The zero-order valence-electron chi connectivity index (χ0n) is 11.3. The summed E-state index contributed by atoms with van der Waals surface area (Å²) in [5, 5.41) is 10.4. The Morgan fingerprint density at radius 3 is 2.63 bits per heavy atom. The quantitative estimate of drug-likeness (QED) is 0.811. The lowest BCUT2D eigenvalue weighted by Gasteiger charge is -1.99. The van der Waals surface area contributed by atoms with Crippen LogP contribution in [-0.4, -0.2) is 10.1 Å². The summed E-state index contributed by atoms with van der Waals surface area (Å²) in [5.74, 6) is 0.879. The maximum Gasteiger partial charge on any atom is 0.103 e. The van der Waals surface area contributed by atoms with Gasteiger partial charge in [0, 0.05) is 4.90 Å². The normalized spacial score (nSPS) is 10.9. The predicted molar refractivity (Wildman–Crippen MR) is 82.8 cm³/mol. The zero-order chi connectivity index (χ0) is 13.7. The number of benzene rings is 1. The number of thiazole rings is 1. The van der Waals surface area contributed by atoms with Crippen LogP contribution in [0, 0.1) is 6.92 Å². The molecule has 19 heavy (non-hydrogen) atoms. The summed E-state index contributed by atoms with van der Waals surface area (Å²) in [4.78, 5) is 6.94. The number of hydrogen-bond acceptors (Lipinski definition) is 4. The van der Waals surface area contributed by atoms with E-state index in [1.54, 1.807) is 23.1 Å². The molecule has 0 aliphatic carbocycles. The summed E-state index contributed by atoms with van der Waals surface area (Å²) >= 11 is 3.44. The van der Waals surface area contributed by atoms with Crippen molar-refractivity contribution in [3.8, 4) is 0 Å². The van der Waals surface area contributed by atoms with Gasteiger partial charge in [0.25, 0.3) is 0 Å². The van der Waals surface area contributed by atoms with E-state index in [4.69, 9.17) is 0 Å². The first-order valence-electron chi connectivity index (χ1n) is 6.50. The van der Waals surface area contributed by atoms with Crippen molar-refractivity contribution < 1.29 is 5.11 Å². The van der Waals surface area contributed by atoms with Gasteiger partial charge in [-0.2, -0.15) is 0 Å². The van der Waals surface area contributed by atoms with Gasteiger partial charge in [0.2, 0.25) is 0 Å². The molecular weight excluding hydrogens is 274 g/mol. The SMILES string of the molecule is CCCc1nc(CSc2ccc(C)cc2)sc1CO. The number of aliphatic hydroxyl groups excluding tert-OH is 1. The monoisotopic (exact) mass is 293 g/mol. The standard InChI is InChI=1S/C15H19NOS2/c1-3-4-13-14(9-17)19-15(16-13)10-18-12-7-5-11(2)6-8-12/h5-8,17H,3-4,9-10H2,1-2H3. The summed E-state index contributed by atoms with van der Waals surface area (Å²) in [7, 11) is 0. The maximum atomic E-state index is 9.34. The lowest BCUT2D eigenvalue weighted by molar-refractivity contribution is 0.284. The van der Waals surface area contributed by atoms with Crippen molar-refractivity contribution in [2.45, 2.75) is 43.9 Å². The fraction of sp³-hybridized carbons (Fsp3) is 0.400. The van der Waals surface area contributed by atoms with Crippen molar-refractivity contribution in [2.24, 2.45) is 0 Å². The summed E-state index contributed by atoms with van der Waals surface area (Å²) in [6.07, 6.45) is 2.03. The van der Waals surface area contributed by atoms with Gasteiger partial charge in [0.05, 0.1) is 22.9 Å². The molecule has 0 radical (unpaired) electrons. The van der Waals surface area contributed by atoms with Crippen LogP contribution in [0.4, 0.5) is 0 Å². The van der Waals surface area contributed by atoms with Crippen LogP contribution in [0.2, 0.25) is 0 Å². The Kier molecular flexibility index (Phi) is 5.43. The summed E-state index contributed by atoms with van der Waals surface area (Å²) in [5.41, 5.74) is 2.36. The Morgan fingerprint density at radius 2 is 2.00 bits per heavy atom. The van der Waals surface area contributed by atoms with Crippen LogP contribution < -0.4 is 0 Å². The first kappa shape index (κ1) is 14.6. The van der Waals surface area contributed by atoms with Crippen molar-refractivity contribution >= 4 is 23.1 Å². The zero-order valence-corrected chi connectivity index (χ0v) is 13.0. The van der Waals surface area contributed by atoms with Gasteiger partial charge in [-0.15, -0.1) is 23.1 Å². The topological polar surface area (TPSA) is 33.1 Å². The van der Waals surface area contributed by atoms with Crippen molar-refractivity contribution in [2.75, 3.05) is 0 Å². The van der Waals surface area contributed by atoms with Crippen molar-refractivity contribution in [1.82, 2.24) is 4.98 Å². The van der Waals surface area contributed by atoms with Gasteiger partial charge in [0.1, 0.15) is 5.01 Å². The van der Waals surface area contributed by atoms with Crippen LogP contribution in [0.1, 0.15) is 34.5 Å². The number of nitrogens with zero attached hydrogens (tertiary/aromatic N) is 1. The predicted octanol–water partition coefficient (Wildman–Crippen LogP) is 4.19. The molecule has 102 valence electrons. The van der Waals surface area contributed by atoms with E-state index in [-0.39, 0.29) is 6.61 Å². The second-order valence-electron chi connectivity index (χ2n) is 4.49. The van der Waals surface area contributed by atoms with E-state index in [2.05, 4.69) is 43.1 Å². The molecule has 1 aromatic carbocycles. The molecule has 0 unspecified atom stereocenters. The molecule has 2 rings (SSSR count). The van der Waals surface area contributed by atoms with Crippen molar-refractivity contribution in [3.63, 3.8) is 0 Å². The smallest absolute Gasteiger partial charge is 0.103 e. The Morgan fingerprint density at radius 1 is 1.26 bits per heavy atom. The molecule has 0 aliphatic rings. The molecule has 0 spiro atoms. The molecule has 0 fully saturated rings. The Labute approximate surface area is 122 Å². The number of aryl methyl sites for hydroxylation is 2. The summed E-state index contributed by atoms with van der Waals surface area (Å²) in [6, 6.07) is 8.55. The van der Waals surface area contributed by atoms with Crippen molar-refractivity contribution in [1.29, 1.82) is 0 Å². The summed E-state index contributed by atoms with van der Waals surface area (Å²) in [6.45, 7) is 4.35. The minimum atomic E-state index is 0.113. The highest BCUT2D eigenvalue weighted by atomic mass is 32.2. The second-order valence-corrected chi connectivity index (χ2v) is 6.70. The van der Waals surface area contributed by atoms with E-state index in [1.807, 2.05) is 0 Å². The maximum absolute atomic E-state index is 9.34. The van der Waals surface area contributed by atoms with Gasteiger partial charge in [-0.3, -0.25) is 0 Å². The minimum absolute atomic E-state index is 0.113. The van der Waals surface area contributed by atoms with Gasteiger partial charge in [0.15, 0.2) is 0 Å². The van der Waals surface area contributed by atoms with E-state index < -0.39 is 0 Å².